The van der Waals surface area contributed by atoms with Crippen LogP contribution in [0.2, 0.25) is 0 Å². The van der Waals surface area contributed by atoms with Crippen molar-refractivity contribution in [3.63, 3.8) is 0 Å². The summed E-state index contributed by atoms with van der Waals surface area (Å²) in [5.74, 6) is 0.0545. The van der Waals surface area contributed by atoms with E-state index in [4.69, 9.17) is 0 Å². The molecular formula is C15H23N5O2. The first-order valence-electron chi connectivity index (χ1n) is 8.02. The van der Waals surface area contributed by atoms with Crippen molar-refractivity contribution in [2.45, 2.75) is 44.2 Å². The second-order valence-electron chi connectivity index (χ2n) is 6.05. The zero-order valence-electron chi connectivity index (χ0n) is 12.7. The van der Waals surface area contributed by atoms with Gasteiger partial charge in [-0.05, 0) is 31.2 Å². The fourth-order valence-corrected chi connectivity index (χ4v) is 2.76. The quantitative estimate of drug-likeness (QED) is 0.679. The van der Waals surface area contributed by atoms with Gasteiger partial charge in [-0.1, -0.05) is 0 Å². The molecule has 0 unspecified atom stereocenters. The van der Waals surface area contributed by atoms with Gasteiger partial charge in [-0.3, -0.25) is 14.7 Å². The standard InChI is InChI=1S/C15H23N5O2/c21-14(3-1-2-11-8-17-18-9-11)20-7-6-16-10-13(20)15(22)19-12-4-5-12/h8-9,12-13,16H,1-7,10H2,(H,17,18)(H,19,22)/t13-/m0/s1. The second-order valence-corrected chi connectivity index (χ2v) is 6.05. The number of aromatic nitrogens is 2. The fraction of sp³-hybridized carbons (Fsp3) is 0.667. The van der Waals surface area contributed by atoms with Crippen molar-refractivity contribution >= 4 is 11.8 Å². The van der Waals surface area contributed by atoms with E-state index in [1.165, 1.54) is 0 Å². The van der Waals surface area contributed by atoms with E-state index in [1.807, 2.05) is 6.20 Å². The lowest BCUT2D eigenvalue weighted by molar-refractivity contribution is -0.141. The molecule has 3 N–H and O–H groups in total. The number of nitrogens with zero attached hydrogens (tertiary/aromatic N) is 2. The van der Waals surface area contributed by atoms with E-state index < -0.39 is 0 Å². The van der Waals surface area contributed by atoms with Crippen molar-refractivity contribution in [2.24, 2.45) is 0 Å². The third kappa shape index (κ3) is 3.85. The van der Waals surface area contributed by atoms with E-state index in [-0.39, 0.29) is 17.9 Å². The van der Waals surface area contributed by atoms with E-state index in [0.717, 1.165) is 37.8 Å². The van der Waals surface area contributed by atoms with Crippen LogP contribution in [0.4, 0.5) is 0 Å². The van der Waals surface area contributed by atoms with Crippen LogP contribution in [-0.2, 0) is 16.0 Å². The molecule has 1 saturated heterocycles. The van der Waals surface area contributed by atoms with E-state index >= 15 is 0 Å². The number of piperazine rings is 1. The lowest BCUT2D eigenvalue weighted by Crippen LogP contribution is -2.59. The molecule has 7 nitrogen and oxygen atoms in total. The maximum atomic E-state index is 12.4. The highest BCUT2D eigenvalue weighted by atomic mass is 16.2. The Morgan fingerprint density at radius 1 is 1.41 bits per heavy atom. The minimum atomic E-state index is -0.365. The molecule has 1 aliphatic heterocycles. The summed E-state index contributed by atoms with van der Waals surface area (Å²) < 4.78 is 0. The minimum Gasteiger partial charge on any atom is -0.352 e. The first kappa shape index (κ1) is 15.0. The first-order chi connectivity index (χ1) is 10.7. The fourth-order valence-electron chi connectivity index (χ4n) is 2.76. The predicted molar refractivity (Wildman–Crippen MR) is 81.1 cm³/mol. The molecule has 1 aromatic rings. The van der Waals surface area contributed by atoms with Crippen LogP contribution in [0.5, 0.6) is 0 Å². The second kappa shape index (κ2) is 6.91. The van der Waals surface area contributed by atoms with Crippen LogP contribution in [0.1, 0.15) is 31.2 Å². The predicted octanol–water partition coefficient (Wildman–Crippen LogP) is -0.189. The first-order valence-corrected chi connectivity index (χ1v) is 8.02. The summed E-state index contributed by atoms with van der Waals surface area (Å²) in [6.07, 6.45) is 7.82. The van der Waals surface area contributed by atoms with Crippen molar-refractivity contribution in [1.29, 1.82) is 0 Å². The van der Waals surface area contributed by atoms with Gasteiger partial charge < -0.3 is 15.5 Å². The summed E-state index contributed by atoms with van der Waals surface area (Å²) >= 11 is 0. The SMILES string of the molecule is O=C(NC1CC1)[C@@H]1CNCCN1C(=O)CCCc1cn[nH]c1. The van der Waals surface area contributed by atoms with Crippen LogP contribution >= 0.6 is 0 Å². The van der Waals surface area contributed by atoms with Crippen molar-refractivity contribution in [1.82, 2.24) is 25.7 Å². The molecule has 2 heterocycles. The molecule has 2 amide bonds. The Bertz CT molecular complexity index is 512. The zero-order chi connectivity index (χ0) is 15.4. The van der Waals surface area contributed by atoms with Crippen molar-refractivity contribution < 1.29 is 9.59 Å². The maximum absolute atomic E-state index is 12.4. The van der Waals surface area contributed by atoms with Crippen molar-refractivity contribution in [3.05, 3.63) is 18.0 Å². The normalized spacial score (nSPS) is 21.6. The maximum Gasteiger partial charge on any atom is 0.244 e. The number of nitrogens with one attached hydrogen (secondary N) is 3. The highest BCUT2D eigenvalue weighted by Crippen LogP contribution is 2.19. The number of hydrogen-bond acceptors (Lipinski definition) is 4. The van der Waals surface area contributed by atoms with Gasteiger partial charge in [0, 0.05) is 38.3 Å². The molecule has 1 aliphatic carbocycles. The van der Waals surface area contributed by atoms with Crippen LogP contribution in [0, 0.1) is 0 Å². The number of carbonyl (C=O) groups excluding carboxylic acids is 2. The van der Waals surface area contributed by atoms with Gasteiger partial charge in [0.15, 0.2) is 0 Å². The van der Waals surface area contributed by atoms with Gasteiger partial charge in [-0.15, -0.1) is 0 Å². The molecule has 0 aromatic carbocycles. The molecule has 2 fully saturated rings. The molecule has 22 heavy (non-hydrogen) atoms. The third-order valence-electron chi connectivity index (χ3n) is 4.20. The Balaban J connectivity index is 1.50. The third-order valence-corrected chi connectivity index (χ3v) is 4.20. The number of rotatable bonds is 6. The summed E-state index contributed by atoms with van der Waals surface area (Å²) in [6.45, 7) is 1.90. The summed E-state index contributed by atoms with van der Waals surface area (Å²) in [7, 11) is 0. The molecule has 0 spiro atoms. The van der Waals surface area contributed by atoms with Crippen molar-refractivity contribution in [2.75, 3.05) is 19.6 Å². The van der Waals surface area contributed by atoms with E-state index in [2.05, 4.69) is 20.8 Å². The summed E-state index contributed by atoms with van der Waals surface area (Å²) in [5, 5.41) is 12.9. The van der Waals surface area contributed by atoms with Gasteiger partial charge in [-0.25, -0.2) is 0 Å². The highest BCUT2D eigenvalue weighted by Gasteiger charge is 2.34. The van der Waals surface area contributed by atoms with Gasteiger partial charge in [-0.2, -0.15) is 5.10 Å². The molecule has 1 atom stereocenters. The molecule has 120 valence electrons. The molecule has 3 rings (SSSR count). The largest absolute Gasteiger partial charge is 0.352 e. The average molecular weight is 305 g/mol. The van der Waals surface area contributed by atoms with Crippen LogP contribution < -0.4 is 10.6 Å². The van der Waals surface area contributed by atoms with E-state index in [0.29, 0.717) is 25.6 Å². The Hall–Kier alpha value is -1.89. The number of H-pyrrole nitrogens is 1. The summed E-state index contributed by atoms with van der Waals surface area (Å²) in [5.41, 5.74) is 1.11. The van der Waals surface area contributed by atoms with Gasteiger partial charge in [0.05, 0.1) is 6.20 Å². The smallest absolute Gasteiger partial charge is 0.244 e. The average Bonchev–Trinajstić information content (AvgIpc) is 3.19. The van der Waals surface area contributed by atoms with E-state index in [1.54, 1.807) is 11.1 Å². The van der Waals surface area contributed by atoms with Crippen LogP contribution in [0.15, 0.2) is 12.4 Å². The van der Waals surface area contributed by atoms with Crippen LogP contribution in [0.25, 0.3) is 0 Å². The number of amides is 2. The zero-order valence-corrected chi connectivity index (χ0v) is 12.7. The molecular weight excluding hydrogens is 282 g/mol. The highest BCUT2D eigenvalue weighted by molar-refractivity contribution is 5.88. The lowest BCUT2D eigenvalue weighted by Gasteiger charge is -2.35. The molecule has 1 aromatic heterocycles. The monoisotopic (exact) mass is 305 g/mol. The van der Waals surface area contributed by atoms with Crippen LogP contribution in [0.3, 0.4) is 0 Å². The number of carbonyl (C=O) groups is 2. The van der Waals surface area contributed by atoms with Crippen molar-refractivity contribution in [3.8, 4) is 0 Å². The van der Waals surface area contributed by atoms with Gasteiger partial charge >= 0.3 is 0 Å². The Morgan fingerprint density at radius 3 is 3.00 bits per heavy atom. The summed E-state index contributed by atoms with van der Waals surface area (Å²) in [6, 6.07) is -0.0387. The van der Waals surface area contributed by atoms with Gasteiger partial charge in [0.2, 0.25) is 11.8 Å². The molecule has 0 bridgehead atoms. The minimum absolute atomic E-state index is 0.0158. The molecule has 2 aliphatic rings. The van der Waals surface area contributed by atoms with E-state index in [9.17, 15) is 9.59 Å². The van der Waals surface area contributed by atoms with Gasteiger partial charge in [0.25, 0.3) is 0 Å². The van der Waals surface area contributed by atoms with Gasteiger partial charge in [0.1, 0.15) is 6.04 Å². The lowest BCUT2D eigenvalue weighted by atomic mass is 10.1. The molecule has 7 heteroatoms. The number of aryl methyl sites for hydroxylation is 1. The Morgan fingerprint density at radius 2 is 2.27 bits per heavy atom. The molecule has 1 saturated carbocycles. The van der Waals surface area contributed by atoms with Crippen LogP contribution in [-0.4, -0.2) is 58.6 Å². The number of hydrogen-bond donors (Lipinski definition) is 3. The summed E-state index contributed by atoms with van der Waals surface area (Å²) in [4.78, 5) is 26.4. The molecule has 0 radical (unpaired) electrons. The Labute approximate surface area is 129 Å². The Kier molecular flexibility index (Phi) is 4.72. The topological polar surface area (TPSA) is 90.1 Å². The number of aromatic amines is 1.